The average Bonchev–Trinajstić information content (AvgIpc) is 2.73. The fourth-order valence-corrected chi connectivity index (χ4v) is 3.11. The van der Waals surface area contributed by atoms with Crippen LogP contribution < -0.4 is 10.6 Å². The number of thiophene rings is 1. The van der Waals surface area contributed by atoms with Crippen molar-refractivity contribution in [3.05, 3.63) is 20.8 Å². The van der Waals surface area contributed by atoms with Crippen molar-refractivity contribution in [3.8, 4) is 0 Å². The van der Waals surface area contributed by atoms with Crippen LogP contribution in [0.4, 0.5) is 0 Å². The molecule has 14 heavy (non-hydrogen) atoms. The van der Waals surface area contributed by atoms with Gasteiger partial charge in [0.2, 0.25) is 0 Å². The van der Waals surface area contributed by atoms with Gasteiger partial charge in [-0.2, -0.15) is 0 Å². The van der Waals surface area contributed by atoms with Crippen molar-refractivity contribution in [3.63, 3.8) is 0 Å². The molecule has 0 aromatic carbocycles. The van der Waals surface area contributed by atoms with Crippen molar-refractivity contribution in [2.24, 2.45) is 0 Å². The van der Waals surface area contributed by atoms with Gasteiger partial charge in [0.1, 0.15) is 0 Å². The zero-order chi connectivity index (χ0) is 10.0. The maximum atomic E-state index is 3.61. The van der Waals surface area contributed by atoms with Crippen molar-refractivity contribution in [1.29, 1.82) is 0 Å². The lowest BCUT2D eigenvalue weighted by atomic mass is 10.0. The van der Waals surface area contributed by atoms with Gasteiger partial charge in [0.05, 0.1) is 0 Å². The van der Waals surface area contributed by atoms with E-state index in [-0.39, 0.29) is 5.54 Å². The third kappa shape index (κ3) is 2.57. The van der Waals surface area contributed by atoms with Crippen molar-refractivity contribution in [2.45, 2.75) is 25.4 Å². The van der Waals surface area contributed by atoms with Crippen LogP contribution in [-0.2, 0) is 6.54 Å². The molecule has 2 nitrogen and oxygen atoms in total. The van der Waals surface area contributed by atoms with E-state index in [1.807, 2.05) is 0 Å². The molecule has 1 atom stereocenters. The van der Waals surface area contributed by atoms with Crippen LogP contribution in [0.2, 0.25) is 0 Å². The standard InChI is InChI=1S/C10H15BrN2S/c1-10(2-3-12-7-10)13-5-9-4-8(11)6-14-9/h4,6,12-13H,2-3,5,7H2,1H3. The Morgan fingerprint density at radius 2 is 2.57 bits per heavy atom. The van der Waals surface area contributed by atoms with Crippen molar-refractivity contribution in [1.82, 2.24) is 10.6 Å². The third-order valence-electron chi connectivity index (χ3n) is 2.68. The Bertz CT molecular complexity index is 305. The van der Waals surface area contributed by atoms with Gasteiger partial charge in [-0.25, -0.2) is 0 Å². The molecule has 78 valence electrons. The van der Waals surface area contributed by atoms with Gasteiger partial charge in [0.15, 0.2) is 0 Å². The first-order valence-electron chi connectivity index (χ1n) is 4.87. The topological polar surface area (TPSA) is 24.1 Å². The maximum absolute atomic E-state index is 3.61. The summed E-state index contributed by atoms with van der Waals surface area (Å²) >= 11 is 5.27. The molecule has 1 aliphatic heterocycles. The molecule has 0 amide bonds. The summed E-state index contributed by atoms with van der Waals surface area (Å²) in [4.78, 5) is 1.39. The van der Waals surface area contributed by atoms with E-state index >= 15 is 0 Å². The summed E-state index contributed by atoms with van der Waals surface area (Å²) in [5, 5.41) is 9.13. The highest BCUT2D eigenvalue weighted by Gasteiger charge is 2.27. The van der Waals surface area contributed by atoms with Crippen LogP contribution in [0.3, 0.4) is 0 Å². The molecular weight excluding hydrogens is 260 g/mol. The number of nitrogens with one attached hydrogen (secondary N) is 2. The number of halogens is 1. The molecule has 1 saturated heterocycles. The molecule has 0 radical (unpaired) electrons. The van der Waals surface area contributed by atoms with Crippen LogP contribution in [0.25, 0.3) is 0 Å². The second-order valence-corrected chi connectivity index (χ2v) is 5.98. The molecule has 2 rings (SSSR count). The summed E-state index contributed by atoms with van der Waals surface area (Å²) in [6.45, 7) is 5.49. The molecule has 4 heteroatoms. The lowest BCUT2D eigenvalue weighted by Gasteiger charge is -2.24. The quantitative estimate of drug-likeness (QED) is 0.885. The van der Waals surface area contributed by atoms with E-state index in [1.54, 1.807) is 11.3 Å². The van der Waals surface area contributed by atoms with E-state index in [9.17, 15) is 0 Å². The SMILES string of the molecule is CC1(NCc2cc(Br)cs2)CCNC1. The predicted molar refractivity (Wildman–Crippen MR) is 64.8 cm³/mol. The number of rotatable bonds is 3. The van der Waals surface area contributed by atoms with Gasteiger partial charge in [0, 0.05) is 33.4 Å². The zero-order valence-electron chi connectivity index (χ0n) is 8.27. The molecule has 0 aliphatic carbocycles. The number of hydrogen-bond donors (Lipinski definition) is 2. The number of hydrogen-bond acceptors (Lipinski definition) is 3. The van der Waals surface area contributed by atoms with E-state index in [0.29, 0.717) is 0 Å². The predicted octanol–water partition coefficient (Wildman–Crippen LogP) is 2.35. The second-order valence-electron chi connectivity index (χ2n) is 4.07. The summed E-state index contributed by atoms with van der Waals surface area (Å²) in [6, 6.07) is 2.18. The van der Waals surface area contributed by atoms with E-state index in [2.05, 4.69) is 44.9 Å². The maximum Gasteiger partial charge on any atom is 0.0305 e. The van der Waals surface area contributed by atoms with Crippen molar-refractivity contribution >= 4 is 27.3 Å². The van der Waals surface area contributed by atoms with Crippen LogP contribution in [0.5, 0.6) is 0 Å². The fourth-order valence-electron chi connectivity index (χ4n) is 1.71. The Morgan fingerprint density at radius 1 is 1.71 bits per heavy atom. The minimum absolute atomic E-state index is 0.288. The Hall–Kier alpha value is 0.1000. The van der Waals surface area contributed by atoms with E-state index in [4.69, 9.17) is 0 Å². The van der Waals surface area contributed by atoms with E-state index in [1.165, 1.54) is 15.8 Å². The highest BCUT2D eigenvalue weighted by molar-refractivity contribution is 9.10. The molecule has 1 fully saturated rings. The largest absolute Gasteiger partial charge is 0.315 e. The highest BCUT2D eigenvalue weighted by atomic mass is 79.9. The van der Waals surface area contributed by atoms with Crippen LogP contribution in [-0.4, -0.2) is 18.6 Å². The Balaban J connectivity index is 1.87. The minimum Gasteiger partial charge on any atom is -0.315 e. The normalized spacial score (nSPS) is 27.0. The first-order chi connectivity index (χ1) is 6.68. The summed E-state index contributed by atoms with van der Waals surface area (Å²) in [5.41, 5.74) is 0.288. The Labute approximate surface area is 97.2 Å². The van der Waals surface area contributed by atoms with Crippen LogP contribution in [0.15, 0.2) is 15.9 Å². The van der Waals surface area contributed by atoms with Gasteiger partial charge < -0.3 is 10.6 Å². The molecule has 0 saturated carbocycles. The molecule has 1 aromatic rings. The molecule has 1 aliphatic rings. The lowest BCUT2D eigenvalue weighted by Crippen LogP contribution is -2.43. The lowest BCUT2D eigenvalue weighted by molar-refractivity contribution is 0.387. The van der Waals surface area contributed by atoms with Crippen molar-refractivity contribution in [2.75, 3.05) is 13.1 Å². The molecule has 0 bridgehead atoms. The van der Waals surface area contributed by atoms with E-state index < -0.39 is 0 Å². The first kappa shape index (κ1) is 10.6. The average molecular weight is 275 g/mol. The van der Waals surface area contributed by atoms with E-state index in [0.717, 1.165) is 19.6 Å². The fraction of sp³-hybridized carbons (Fsp3) is 0.600. The smallest absolute Gasteiger partial charge is 0.0305 e. The third-order valence-corrected chi connectivity index (χ3v) is 4.38. The monoisotopic (exact) mass is 274 g/mol. The van der Waals surface area contributed by atoms with Crippen LogP contribution in [0.1, 0.15) is 18.2 Å². The van der Waals surface area contributed by atoms with Gasteiger partial charge in [-0.15, -0.1) is 11.3 Å². The minimum atomic E-state index is 0.288. The Morgan fingerprint density at radius 3 is 3.14 bits per heavy atom. The molecule has 1 unspecified atom stereocenters. The second kappa shape index (κ2) is 4.31. The summed E-state index contributed by atoms with van der Waals surface area (Å²) in [6.07, 6.45) is 1.22. The van der Waals surface area contributed by atoms with Gasteiger partial charge in [-0.05, 0) is 41.9 Å². The zero-order valence-corrected chi connectivity index (χ0v) is 10.7. The molecular formula is C10H15BrN2S. The highest BCUT2D eigenvalue weighted by Crippen LogP contribution is 2.21. The van der Waals surface area contributed by atoms with Crippen LogP contribution in [0, 0.1) is 0 Å². The summed E-state index contributed by atoms with van der Waals surface area (Å²) in [7, 11) is 0. The van der Waals surface area contributed by atoms with Gasteiger partial charge in [-0.1, -0.05) is 0 Å². The first-order valence-corrected chi connectivity index (χ1v) is 6.54. The Kier molecular flexibility index (Phi) is 3.27. The van der Waals surface area contributed by atoms with Gasteiger partial charge in [-0.3, -0.25) is 0 Å². The molecule has 0 spiro atoms. The molecule has 1 aromatic heterocycles. The molecule has 2 N–H and O–H groups in total. The van der Waals surface area contributed by atoms with Crippen molar-refractivity contribution < 1.29 is 0 Å². The summed E-state index contributed by atoms with van der Waals surface area (Å²) < 4.78 is 1.19. The molecule has 2 heterocycles. The summed E-state index contributed by atoms with van der Waals surface area (Å²) in [5.74, 6) is 0. The van der Waals surface area contributed by atoms with Crippen LogP contribution >= 0.6 is 27.3 Å². The van der Waals surface area contributed by atoms with Gasteiger partial charge >= 0.3 is 0 Å². The van der Waals surface area contributed by atoms with Gasteiger partial charge in [0.25, 0.3) is 0 Å².